The Balaban J connectivity index is 1.82. The number of methoxy groups -OCH3 is 1. The minimum atomic E-state index is -1.49. The first-order chi connectivity index (χ1) is 16.2. The van der Waals surface area contributed by atoms with Crippen LogP contribution in [0.25, 0.3) is 6.08 Å². The van der Waals surface area contributed by atoms with E-state index < -0.39 is 23.4 Å². The van der Waals surface area contributed by atoms with Crippen molar-refractivity contribution < 1.29 is 9.53 Å². The summed E-state index contributed by atoms with van der Waals surface area (Å²) in [6, 6.07) is 27.5. The van der Waals surface area contributed by atoms with Crippen LogP contribution in [-0.2, 0) is 0 Å². The van der Waals surface area contributed by atoms with Gasteiger partial charge in [0.25, 0.3) is 0 Å². The molecule has 0 aromatic heterocycles. The number of Topliss-reactive ketones (excluding diaryl/α,β-unsaturated/α-hetero) is 1. The molecule has 0 radical (unpaired) electrons. The number of nitrogens with zero attached hydrogens (tertiary/aromatic N) is 3. The summed E-state index contributed by atoms with van der Waals surface area (Å²) in [4.78, 5) is 16.1. The fourth-order valence-corrected chi connectivity index (χ4v) is 5.27. The number of fused-ring (bicyclic) bond motifs is 3. The number of ketones is 1. The minimum absolute atomic E-state index is 0.131. The normalized spacial score (nSPS) is 21.9. The molecule has 0 aliphatic carbocycles. The van der Waals surface area contributed by atoms with Crippen molar-refractivity contribution in [2.45, 2.75) is 18.0 Å². The van der Waals surface area contributed by atoms with Crippen molar-refractivity contribution in [2.24, 2.45) is 5.41 Å². The number of para-hydroxylation sites is 2. The Hall–Kier alpha value is -4.35. The minimum Gasteiger partial charge on any atom is -0.496 e. The van der Waals surface area contributed by atoms with E-state index >= 15 is 0 Å². The molecule has 2 heterocycles. The van der Waals surface area contributed by atoms with Gasteiger partial charge < -0.3 is 9.64 Å². The van der Waals surface area contributed by atoms with Gasteiger partial charge in [0.1, 0.15) is 11.8 Å². The molecule has 5 nitrogen and oxygen atoms in total. The summed E-state index contributed by atoms with van der Waals surface area (Å²) >= 11 is 0. The standard InChI is InChI=1S/C28H21N3O2/c1-33-23-14-8-6-12-21(23)25-26(27(32)20-10-3-2-4-11-20)31-22-13-7-5-9-19(22)15-16-24(31)28(25,17-29)18-30/h2-16,24-26H,1H3/t24-,25-,26-/m1/s1. The van der Waals surface area contributed by atoms with Crippen molar-refractivity contribution in [1.29, 1.82) is 10.5 Å². The number of carbonyl (C=O) groups is 1. The van der Waals surface area contributed by atoms with E-state index in [1.165, 1.54) is 0 Å². The van der Waals surface area contributed by atoms with Crippen LogP contribution in [0.15, 0.2) is 84.9 Å². The summed E-state index contributed by atoms with van der Waals surface area (Å²) in [5.41, 5.74) is 1.52. The van der Waals surface area contributed by atoms with Crippen LogP contribution in [0.4, 0.5) is 5.69 Å². The third-order valence-electron chi connectivity index (χ3n) is 6.72. The molecule has 5 heteroatoms. The lowest BCUT2D eigenvalue weighted by Crippen LogP contribution is -2.44. The smallest absolute Gasteiger partial charge is 0.185 e. The summed E-state index contributed by atoms with van der Waals surface area (Å²) in [7, 11) is 1.56. The van der Waals surface area contributed by atoms with Gasteiger partial charge in [0.2, 0.25) is 0 Å². The molecule has 33 heavy (non-hydrogen) atoms. The molecule has 5 rings (SSSR count). The Morgan fingerprint density at radius 2 is 1.61 bits per heavy atom. The van der Waals surface area contributed by atoms with Gasteiger partial charge in [0.05, 0.1) is 25.3 Å². The summed E-state index contributed by atoms with van der Waals surface area (Å²) in [6.45, 7) is 0. The number of carbonyl (C=O) groups excluding carboxylic acids is 1. The van der Waals surface area contributed by atoms with Gasteiger partial charge in [-0.15, -0.1) is 0 Å². The fourth-order valence-electron chi connectivity index (χ4n) is 5.27. The Bertz CT molecular complexity index is 1320. The zero-order chi connectivity index (χ0) is 23.0. The largest absolute Gasteiger partial charge is 0.496 e. The van der Waals surface area contributed by atoms with E-state index in [-0.39, 0.29) is 5.78 Å². The first-order valence-corrected chi connectivity index (χ1v) is 10.8. The van der Waals surface area contributed by atoms with E-state index in [1.807, 2.05) is 77.7 Å². The number of hydrogen-bond donors (Lipinski definition) is 0. The Morgan fingerprint density at radius 3 is 2.33 bits per heavy atom. The highest BCUT2D eigenvalue weighted by Crippen LogP contribution is 2.56. The fraction of sp³-hybridized carbons (Fsp3) is 0.179. The van der Waals surface area contributed by atoms with Gasteiger partial charge in [-0.25, -0.2) is 0 Å². The van der Waals surface area contributed by atoms with Gasteiger partial charge in [-0.1, -0.05) is 78.9 Å². The summed E-state index contributed by atoms with van der Waals surface area (Å²) in [6.07, 6.45) is 3.82. The average Bonchev–Trinajstić information content (AvgIpc) is 3.19. The molecule has 0 bridgehead atoms. The van der Waals surface area contributed by atoms with Crippen LogP contribution in [0.5, 0.6) is 5.75 Å². The molecule has 2 aliphatic rings. The number of ether oxygens (including phenoxy) is 1. The van der Waals surface area contributed by atoms with Crippen LogP contribution in [0, 0.1) is 28.1 Å². The van der Waals surface area contributed by atoms with Crippen molar-refractivity contribution in [3.05, 3.63) is 102 Å². The summed E-state index contributed by atoms with van der Waals surface area (Å²) < 4.78 is 5.63. The van der Waals surface area contributed by atoms with Crippen LogP contribution in [-0.4, -0.2) is 25.0 Å². The molecule has 3 atom stereocenters. The Kier molecular flexibility index (Phi) is 4.96. The zero-order valence-corrected chi connectivity index (χ0v) is 18.1. The lowest BCUT2D eigenvalue weighted by molar-refractivity contribution is 0.0950. The quantitative estimate of drug-likeness (QED) is 0.545. The summed E-state index contributed by atoms with van der Waals surface area (Å²) in [5, 5.41) is 21.0. The lowest BCUT2D eigenvalue weighted by atomic mass is 9.69. The molecule has 0 amide bonds. The van der Waals surface area contributed by atoms with Gasteiger partial charge in [-0.05, 0) is 17.7 Å². The Morgan fingerprint density at radius 1 is 0.939 bits per heavy atom. The van der Waals surface area contributed by atoms with Gasteiger partial charge >= 0.3 is 0 Å². The van der Waals surface area contributed by atoms with Crippen molar-refractivity contribution >= 4 is 17.5 Å². The second kappa shape index (κ2) is 7.97. The van der Waals surface area contributed by atoms with E-state index in [0.29, 0.717) is 16.9 Å². The highest BCUT2D eigenvalue weighted by Gasteiger charge is 2.63. The number of anilines is 1. The van der Waals surface area contributed by atoms with E-state index in [9.17, 15) is 15.3 Å². The van der Waals surface area contributed by atoms with E-state index in [2.05, 4.69) is 12.1 Å². The molecule has 1 fully saturated rings. The van der Waals surface area contributed by atoms with Crippen molar-refractivity contribution in [2.75, 3.05) is 12.0 Å². The van der Waals surface area contributed by atoms with E-state index in [1.54, 1.807) is 25.3 Å². The first kappa shape index (κ1) is 20.5. The lowest BCUT2D eigenvalue weighted by Gasteiger charge is -2.35. The molecule has 160 valence electrons. The zero-order valence-electron chi connectivity index (χ0n) is 18.1. The van der Waals surface area contributed by atoms with Crippen LogP contribution >= 0.6 is 0 Å². The SMILES string of the molecule is COc1ccccc1[C@@H]1[C@H](C(=O)c2ccccc2)N2c3ccccc3C=C[C@@H]2C1(C#N)C#N. The van der Waals surface area contributed by atoms with Crippen molar-refractivity contribution in [3.8, 4) is 17.9 Å². The predicted octanol–water partition coefficient (Wildman–Crippen LogP) is 4.98. The van der Waals surface area contributed by atoms with Gasteiger partial charge in [0, 0.05) is 22.7 Å². The van der Waals surface area contributed by atoms with Crippen LogP contribution < -0.4 is 9.64 Å². The topological polar surface area (TPSA) is 77.1 Å². The molecule has 1 saturated heterocycles. The number of nitriles is 2. The molecule has 0 spiro atoms. The number of benzene rings is 3. The maximum absolute atomic E-state index is 14.1. The monoisotopic (exact) mass is 431 g/mol. The van der Waals surface area contributed by atoms with E-state index in [0.717, 1.165) is 11.3 Å². The second-order valence-corrected chi connectivity index (χ2v) is 8.26. The maximum Gasteiger partial charge on any atom is 0.185 e. The molecular weight excluding hydrogens is 410 g/mol. The van der Waals surface area contributed by atoms with E-state index in [4.69, 9.17) is 4.74 Å². The highest BCUT2D eigenvalue weighted by atomic mass is 16.5. The van der Waals surface area contributed by atoms with Gasteiger partial charge in [-0.2, -0.15) is 10.5 Å². The average molecular weight is 431 g/mol. The molecular formula is C28H21N3O2. The van der Waals surface area contributed by atoms with Crippen molar-refractivity contribution in [3.63, 3.8) is 0 Å². The third kappa shape index (κ3) is 2.94. The molecule has 0 saturated carbocycles. The second-order valence-electron chi connectivity index (χ2n) is 8.26. The molecule has 3 aromatic carbocycles. The Labute approximate surface area is 192 Å². The van der Waals surface area contributed by atoms with Crippen molar-refractivity contribution in [1.82, 2.24) is 0 Å². The van der Waals surface area contributed by atoms with Gasteiger partial charge in [-0.3, -0.25) is 4.79 Å². The van der Waals surface area contributed by atoms with Crippen LogP contribution in [0.3, 0.4) is 0 Å². The predicted molar refractivity (Wildman–Crippen MR) is 126 cm³/mol. The molecule has 2 aliphatic heterocycles. The first-order valence-electron chi connectivity index (χ1n) is 10.8. The maximum atomic E-state index is 14.1. The highest BCUT2D eigenvalue weighted by molar-refractivity contribution is 6.04. The van der Waals surface area contributed by atoms with Gasteiger partial charge in [0.15, 0.2) is 11.2 Å². The summed E-state index contributed by atoms with van der Waals surface area (Å²) in [5.74, 6) is -0.300. The number of hydrogen-bond acceptors (Lipinski definition) is 5. The molecule has 3 aromatic rings. The molecule has 0 unspecified atom stereocenters. The van der Waals surface area contributed by atoms with Crippen LogP contribution in [0.2, 0.25) is 0 Å². The third-order valence-corrected chi connectivity index (χ3v) is 6.72. The molecule has 0 N–H and O–H groups in total. The van der Waals surface area contributed by atoms with Crippen LogP contribution in [0.1, 0.15) is 27.4 Å². The number of rotatable bonds is 4.